The zero-order valence-electron chi connectivity index (χ0n) is 26.1. The standard InChI is InChI=1S/C37H37ClFN5O3/c1-2-27-31(38)8-3-21-11-26(45)12-30(32(21)27)28-6-7-29-34(33(28)39)41-36(42-35(29)44-15-24-4-5-25(16-44)40-24)47-20-37(9-10-37)19-43-13-22-17-46-18-23(22)14-43/h1,3,6-8,11-12,22-25,40,45H,4-5,9-10,13-20H2/t22-,23-,24?,25?/m0/s1. The lowest BCUT2D eigenvalue weighted by Crippen LogP contribution is -2.51. The van der Waals surface area contributed by atoms with Crippen molar-refractivity contribution in [3.63, 3.8) is 0 Å². The monoisotopic (exact) mass is 653 g/mol. The Morgan fingerprint density at radius 2 is 1.81 bits per heavy atom. The van der Waals surface area contributed by atoms with E-state index in [4.69, 9.17) is 37.5 Å². The van der Waals surface area contributed by atoms with Gasteiger partial charge in [0.2, 0.25) is 0 Å². The van der Waals surface area contributed by atoms with E-state index in [1.54, 1.807) is 24.3 Å². The molecule has 0 spiro atoms. The van der Waals surface area contributed by atoms with Crippen molar-refractivity contribution < 1.29 is 19.0 Å². The molecule has 0 radical (unpaired) electrons. The Balaban J connectivity index is 1.11. The van der Waals surface area contributed by atoms with E-state index < -0.39 is 5.82 Å². The summed E-state index contributed by atoms with van der Waals surface area (Å²) in [4.78, 5) is 14.5. The summed E-state index contributed by atoms with van der Waals surface area (Å²) in [5.74, 6) is 4.13. The van der Waals surface area contributed by atoms with E-state index in [1.165, 1.54) is 6.07 Å². The molecule has 5 aliphatic rings. The van der Waals surface area contributed by atoms with Crippen LogP contribution in [0.4, 0.5) is 10.2 Å². The normalized spacial score (nSPS) is 26.2. The van der Waals surface area contributed by atoms with Gasteiger partial charge < -0.3 is 29.7 Å². The van der Waals surface area contributed by atoms with Gasteiger partial charge in [0.1, 0.15) is 17.1 Å². The molecule has 9 rings (SSSR count). The van der Waals surface area contributed by atoms with E-state index in [2.05, 4.69) is 21.0 Å². The topological polar surface area (TPSA) is 83.0 Å². The molecule has 4 saturated heterocycles. The zero-order chi connectivity index (χ0) is 31.9. The number of fused-ring (bicyclic) bond motifs is 5. The maximum Gasteiger partial charge on any atom is 0.319 e. The Morgan fingerprint density at radius 1 is 1.04 bits per heavy atom. The van der Waals surface area contributed by atoms with Crippen molar-refractivity contribution in [3.8, 4) is 35.2 Å². The lowest BCUT2D eigenvalue weighted by atomic mass is 9.93. The van der Waals surface area contributed by atoms with Crippen molar-refractivity contribution in [2.45, 2.75) is 37.8 Å². The number of piperazine rings is 1. The number of hydrogen-bond acceptors (Lipinski definition) is 8. The Bertz CT molecular complexity index is 1940. The highest BCUT2D eigenvalue weighted by Gasteiger charge is 2.48. The van der Waals surface area contributed by atoms with Crippen LogP contribution in [0.5, 0.6) is 11.8 Å². The molecule has 3 aromatic carbocycles. The quantitative estimate of drug-likeness (QED) is 0.249. The van der Waals surface area contributed by atoms with Crippen LogP contribution in [0.25, 0.3) is 32.8 Å². The number of anilines is 1. The first-order valence-electron chi connectivity index (χ1n) is 16.7. The summed E-state index contributed by atoms with van der Waals surface area (Å²) >= 11 is 6.49. The summed E-state index contributed by atoms with van der Waals surface area (Å²) in [5.41, 5.74) is 1.43. The zero-order valence-corrected chi connectivity index (χ0v) is 26.9. The van der Waals surface area contributed by atoms with Gasteiger partial charge in [-0.2, -0.15) is 9.97 Å². The molecule has 4 atom stereocenters. The van der Waals surface area contributed by atoms with Crippen LogP contribution >= 0.6 is 11.6 Å². The van der Waals surface area contributed by atoms with Crippen molar-refractivity contribution in [1.29, 1.82) is 0 Å². The van der Waals surface area contributed by atoms with E-state index >= 15 is 4.39 Å². The number of likely N-dealkylation sites (tertiary alicyclic amines) is 1. The first kappa shape index (κ1) is 29.5. The van der Waals surface area contributed by atoms with Crippen molar-refractivity contribution in [2.24, 2.45) is 17.3 Å². The molecule has 1 aliphatic carbocycles. The van der Waals surface area contributed by atoms with E-state index in [0.29, 0.717) is 68.7 Å². The van der Waals surface area contributed by atoms with Gasteiger partial charge in [0, 0.05) is 78.4 Å². The lowest BCUT2D eigenvalue weighted by Gasteiger charge is -2.34. The third-order valence-electron chi connectivity index (χ3n) is 11.1. The number of nitrogens with zero attached hydrogens (tertiary/aromatic N) is 4. The maximum absolute atomic E-state index is 17.0. The smallest absolute Gasteiger partial charge is 0.319 e. The Kier molecular flexibility index (Phi) is 7.02. The van der Waals surface area contributed by atoms with Gasteiger partial charge in [-0.1, -0.05) is 29.7 Å². The maximum atomic E-state index is 17.0. The number of phenols is 1. The average molecular weight is 654 g/mol. The molecule has 1 aromatic heterocycles. The molecule has 5 heterocycles. The average Bonchev–Trinajstić information content (AvgIpc) is 3.30. The highest BCUT2D eigenvalue weighted by atomic mass is 35.5. The molecule has 242 valence electrons. The number of hydrogen-bond donors (Lipinski definition) is 2. The molecule has 8 nitrogen and oxygen atoms in total. The number of benzene rings is 3. The van der Waals surface area contributed by atoms with Crippen LogP contribution in [0, 0.1) is 35.4 Å². The predicted octanol–water partition coefficient (Wildman–Crippen LogP) is 5.61. The van der Waals surface area contributed by atoms with Crippen LogP contribution in [-0.2, 0) is 4.74 Å². The van der Waals surface area contributed by atoms with E-state index in [9.17, 15) is 5.11 Å². The number of phenolic OH excluding ortho intramolecular Hbond substituents is 1. The number of terminal acetylenes is 1. The SMILES string of the molecule is C#Cc1c(Cl)ccc2cc(O)cc(-c3ccc4c(N5CC6CCC(C5)N6)nc(OCC5(CN6C[C@H]7COC[C@@H]7C6)CC5)nc4c3F)c12. The van der Waals surface area contributed by atoms with E-state index in [0.717, 1.165) is 71.6 Å². The number of aromatic nitrogens is 2. The predicted molar refractivity (Wildman–Crippen MR) is 181 cm³/mol. The molecule has 5 fully saturated rings. The summed E-state index contributed by atoms with van der Waals surface area (Å²) in [6.07, 6.45) is 10.3. The Morgan fingerprint density at radius 3 is 2.53 bits per heavy atom. The second-order valence-corrected chi connectivity index (χ2v) is 14.8. The number of halogens is 2. The number of nitrogens with one attached hydrogen (secondary N) is 1. The fraction of sp³-hybridized carbons (Fsp3) is 0.459. The second-order valence-electron chi connectivity index (χ2n) is 14.4. The summed E-state index contributed by atoms with van der Waals surface area (Å²) in [7, 11) is 0. The van der Waals surface area contributed by atoms with Crippen LogP contribution in [-0.4, -0.2) is 84.6 Å². The van der Waals surface area contributed by atoms with Gasteiger partial charge in [0.25, 0.3) is 0 Å². The molecule has 2 N–H and O–H groups in total. The molecule has 2 bridgehead atoms. The summed E-state index contributed by atoms with van der Waals surface area (Å²) < 4.78 is 29.1. The number of rotatable bonds is 7. The van der Waals surface area contributed by atoms with Gasteiger partial charge in [-0.05, 0) is 60.9 Å². The summed E-state index contributed by atoms with van der Waals surface area (Å²) in [5, 5.41) is 16.6. The van der Waals surface area contributed by atoms with E-state index in [-0.39, 0.29) is 28.3 Å². The highest BCUT2D eigenvalue weighted by molar-refractivity contribution is 6.33. The van der Waals surface area contributed by atoms with Crippen molar-refractivity contribution in [1.82, 2.24) is 20.2 Å². The van der Waals surface area contributed by atoms with Crippen LogP contribution in [0.2, 0.25) is 5.02 Å². The van der Waals surface area contributed by atoms with Crippen LogP contribution in [0.1, 0.15) is 31.2 Å². The highest BCUT2D eigenvalue weighted by Crippen LogP contribution is 2.48. The molecular weight excluding hydrogens is 617 g/mol. The van der Waals surface area contributed by atoms with E-state index in [1.807, 2.05) is 6.07 Å². The largest absolute Gasteiger partial charge is 0.508 e. The molecule has 1 saturated carbocycles. The lowest BCUT2D eigenvalue weighted by molar-refractivity contribution is 0.131. The molecule has 0 amide bonds. The van der Waals surface area contributed by atoms with Crippen molar-refractivity contribution in [3.05, 3.63) is 52.8 Å². The van der Waals surface area contributed by atoms with Gasteiger partial charge in [-0.3, -0.25) is 0 Å². The minimum atomic E-state index is -0.518. The Labute approximate surface area is 278 Å². The summed E-state index contributed by atoms with van der Waals surface area (Å²) in [6, 6.07) is 11.2. The molecule has 47 heavy (non-hydrogen) atoms. The van der Waals surface area contributed by atoms with Crippen molar-refractivity contribution in [2.75, 3.05) is 57.4 Å². The number of ether oxygens (including phenoxy) is 2. The first-order chi connectivity index (χ1) is 22.9. The summed E-state index contributed by atoms with van der Waals surface area (Å²) in [6.45, 7) is 6.97. The third-order valence-corrected chi connectivity index (χ3v) is 11.4. The van der Waals surface area contributed by atoms with Gasteiger partial charge in [-0.25, -0.2) is 4.39 Å². The molecule has 4 aromatic rings. The third kappa shape index (κ3) is 5.17. The van der Waals surface area contributed by atoms with Gasteiger partial charge in [-0.15, -0.1) is 6.42 Å². The minimum Gasteiger partial charge on any atom is -0.508 e. The fourth-order valence-corrected chi connectivity index (χ4v) is 8.73. The first-order valence-corrected chi connectivity index (χ1v) is 17.1. The van der Waals surface area contributed by atoms with Crippen molar-refractivity contribution >= 4 is 39.1 Å². The Hall–Kier alpha value is -3.68. The fourth-order valence-electron chi connectivity index (χ4n) is 8.52. The van der Waals surface area contributed by atoms with Crippen LogP contribution in [0.15, 0.2) is 36.4 Å². The molecule has 2 unspecified atom stereocenters. The number of aromatic hydroxyl groups is 1. The van der Waals surface area contributed by atoms with Gasteiger partial charge in [0.15, 0.2) is 5.82 Å². The second kappa shape index (κ2) is 11.2. The van der Waals surface area contributed by atoms with Gasteiger partial charge >= 0.3 is 6.01 Å². The minimum absolute atomic E-state index is 0.00451. The van der Waals surface area contributed by atoms with Crippen LogP contribution < -0.4 is 15.0 Å². The van der Waals surface area contributed by atoms with Gasteiger partial charge in [0.05, 0.1) is 30.4 Å². The molecule has 10 heteroatoms. The van der Waals surface area contributed by atoms with Crippen LogP contribution in [0.3, 0.4) is 0 Å². The molecular formula is C37H37ClFN5O3. The molecule has 4 aliphatic heterocycles.